The Morgan fingerprint density at radius 1 is 1.23 bits per heavy atom. The molecular weight excluding hydrogens is 330 g/mol. The van der Waals surface area contributed by atoms with Crippen molar-refractivity contribution in [2.24, 2.45) is 7.05 Å². The lowest BCUT2D eigenvalue weighted by atomic mass is 10.2. The molecule has 1 unspecified atom stereocenters. The number of amides is 1. The van der Waals surface area contributed by atoms with Crippen LogP contribution in [-0.4, -0.2) is 49.5 Å². The van der Waals surface area contributed by atoms with Crippen molar-refractivity contribution < 1.29 is 4.79 Å². The maximum Gasteiger partial charge on any atom is 0.287 e. The van der Waals surface area contributed by atoms with Crippen LogP contribution in [0.3, 0.4) is 0 Å². The van der Waals surface area contributed by atoms with Crippen molar-refractivity contribution in [1.29, 1.82) is 0 Å². The van der Waals surface area contributed by atoms with Crippen LogP contribution >= 0.6 is 0 Å². The van der Waals surface area contributed by atoms with Crippen LogP contribution in [0.2, 0.25) is 0 Å². The molecule has 8 heteroatoms. The average Bonchev–Trinajstić information content (AvgIpc) is 3.31. The molecule has 3 aromatic rings. The smallest absolute Gasteiger partial charge is 0.287 e. The fraction of sp³-hybridized carbons (Fsp3) is 0.278. The molecule has 0 aromatic carbocycles. The van der Waals surface area contributed by atoms with Crippen molar-refractivity contribution >= 4 is 11.9 Å². The molecule has 132 valence electrons. The van der Waals surface area contributed by atoms with Crippen LogP contribution < -0.4 is 10.2 Å². The van der Waals surface area contributed by atoms with Crippen molar-refractivity contribution in [3.63, 3.8) is 0 Å². The van der Waals surface area contributed by atoms with Crippen LogP contribution in [-0.2, 0) is 7.05 Å². The first-order chi connectivity index (χ1) is 12.7. The van der Waals surface area contributed by atoms with Crippen molar-refractivity contribution in [3.8, 4) is 11.3 Å². The average molecular weight is 349 g/mol. The number of pyridine rings is 1. The van der Waals surface area contributed by atoms with Gasteiger partial charge in [0, 0.05) is 62.7 Å². The minimum absolute atomic E-state index is 0.0462. The minimum Gasteiger partial charge on any atom is -0.345 e. The minimum atomic E-state index is -0.158. The van der Waals surface area contributed by atoms with E-state index in [1.807, 2.05) is 18.2 Å². The van der Waals surface area contributed by atoms with Crippen LogP contribution in [0.4, 0.5) is 5.95 Å². The van der Waals surface area contributed by atoms with Gasteiger partial charge in [-0.1, -0.05) is 0 Å². The van der Waals surface area contributed by atoms with Crippen LogP contribution in [0, 0.1) is 0 Å². The molecule has 0 aliphatic carbocycles. The molecule has 1 amide bonds. The lowest BCUT2D eigenvalue weighted by Gasteiger charge is -2.17. The topological polar surface area (TPSA) is 88.8 Å². The molecule has 26 heavy (non-hydrogen) atoms. The van der Waals surface area contributed by atoms with Gasteiger partial charge in [-0.25, -0.2) is 15.0 Å². The first kappa shape index (κ1) is 16.2. The molecule has 8 nitrogen and oxygen atoms in total. The van der Waals surface area contributed by atoms with E-state index in [0.29, 0.717) is 18.3 Å². The fourth-order valence-corrected chi connectivity index (χ4v) is 3.07. The van der Waals surface area contributed by atoms with Crippen LogP contribution in [0.5, 0.6) is 0 Å². The second-order valence-electron chi connectivity index (χ2n) is 6.25. The van der Waals surface area contributed by atoms with Crippen molar-refractivity contribution in [2.45, 2.75) is 12.5 Å². The molecule has 4 heterocycles. The van der Waals surface area contributed by atoms with E-state index in [1.165, 1.54) is 0 Å². The Morgan fingerprint density at radius 3 is 2.92 bits per heavy atom. The number of aromatic nitrogens is 5. The highest BCUT2D eigenvalue weighted by molar-refractivity contribution is 5.91. The van der Waals surface area contributed by atoms with E-state index in [9.17, 15) is 4.79 Å². The third-order valence-corrected chi connectivity index (χ3v) is 4.43. The van der Waals surface area contributed by atoms with Gasteiger partial charge in [-0.2, -0.15) is 0 Å². The van der Waals surface area contributed by atoms with Gasteiger partial charge < -0.3 is 14.8 Å². The number of carbonyl (C=O) groups is 1. The van der Waals surface area contributed by atoms with Crippen LogP contribution in [0.25, 0.3) is 11.3 Å². The van der Waals surface area contributed by atoms with E-state index >= 15 is 0 Å². The van der Waals surface area contributed by atoms with Gasteiger partial charge >= 0.3 is 0 Å². The van der Waals surface area contributed by atoms with Gasteiger partial charge in [-0.3, -0.25) is 9.78 Å². The number of anilines is 1. The number of nitrogens with zero attached hydrogens (tertiary/aromatic N) is 6. The molecule has 0 spiro atoms. The maximum absolute atomic E-state index is 12.3. The number of carbonyl (C=O) groups excluding carboxylic acids is 1. The standard InChI is InChI=1S/C18H19N7O/c1-24-10-8-20-16(24)17(26)22-14-5-9-25(12-14)18-21-7-4-15(23-18)13-3-2-6-19-11-13/h2-4,6-8,10-11,14H,5,9,12H2,1H3,(H,22,26). The van der Waals surface area contributed by atoms with E-state index in [1.54, 1.807) is 42.6 Å². The summed E-state index contributed by atoms with van der Waals surface area (Å²) in [6.45, 7) is 1.47. The molecule has 0 radical (unpaired) electrons. The largest absolute Gasteiger partial charge is 0.345 e. The van der Waals surface area contributed by atoms with Gasteiger partial charge in [0.15, 0.2) is 5.82 Å². The van der Waals surface area contributed by atoms with Gasteiger partial charge in [-0.15, -0.1) is 0 Å². The Balaban J connectivity index is 1.44. The van der Waals surface area contributed by atoms with Crippen molar-refractivity contribution in [3.05, 3.63) is 55.0 Å². The monoisotopic (exact) mass is 349 g/mol. The van der Waals surface area contributed by atoms with E-state index in [4.69, 9.17) is 0 Å². The SMILES string of the molecule is Cn1ccnc1C(=O)NC1CCN(c2nccc(-c3cccnc3)n2)C1. The first-order valence-electron chi connectivity index (χ1n) is 8.47. The fourth-order valence-electron chi connectivity index (χ4n) is 3.07. The number of rotatable bonds is 4. The summed E-state index contributed by atoms with van der Waals surface area (Å²) in [6.07, 6.45) is 9.50. The summed E-state index contributed by atoms with van der Waals surface area (Å²) in [5.74, 6) is 0.924. The number of hydrogen-bond acceptors (Lipinski definition) is 6. The highest BCUT2D eigenvalue weighted by atomic mass is 16.2. The summed E-state index contributed by atoms with van der Waals surface area (Å²) in [5, 5.41) is 3.04. The summed E-state index contributed by atoms with van der Waals surface area (Å²) in [5.41, 5.74) is 1.79. The van der Waals surface area contributed by atoms with Crippen molar-refractivity contribution in [1.82, 2.24) is 29.8 Å². The van der Waals surface area contributed by atoms with Gasteiger partial charge in [0.25, 0.3) is 5.91 Å². The molecule has 1 saturated heterocycles. The van der Waals surface area contributed by atoms with E-state index in [-0.39, 0.29) is 11.9 Å². The molecule has 3 aromatic heterocycles. The number of nitrogens with one attached hydrogen (secondary N) is 1. The van der Waals surface area contributed by atoms with E-state index < -0.39 is 0 Å². The van der Waals surface area contributed by atoms with E-state index in [2.05, 4.69) is 30.2 Å². The van der Waals surface area contributed by atoms with Gasteiger partial charge in [-0.05, 0) is 24.6 Å². The highest BCUT2D eigenvalue weighted by Crippen LogP contribution is 2.21. The third-order valence-electron chi connectivity index (χ3n) is 4.43. The van der Waals surface area contributed by atoms with E-state index in [0.717, 1.165) is 24.2 Å². The molecule has 4 rings (SSSR count). The number of hydrogen-bond donors (Lipinski definition) is 1. The zero-order valence-electron chi connectivity index (χ0n) is 14.4. The predicted octanol–water partition coefficient (Wildman–Crippen LogP) is 1.28. The molecule has 1 aliphatic rings. The normalized spacial score (nSPS) is 16.7. The second kappa shape index (κ2) is 6.91. The molecule has 1 aliphatic heterocycles. The Morgan fingerprint density at radius 2 is 2.15 bits per heavy atom. The molecule has 1 atom stereocenters. The zero-order chi connectivity index (χ0) is 17.9. The summed E-state index contributed by atoms with van der Waals surface area (Å²) in [4.78, 5) is 31.7. The summed E-state index contributed by atoms with van der Waals surface area (Å²) >= 11 is 0. The van der Waals surface area contributed by atoms with Gasteiger partial charge in [0.2, 0.25) is 5.95 Å². The Kier molecular flexibility index (Phi) is 4.30. The molecule has 0 saturated carbocycles. The molecule has 0 bridgehead atoms. The maximum atomic E-state index is 12.3. The predicted molar refractivity (Wildman–Crippen MR) is 96.6 cm³/mol. The molecule has 1 fully saturated rings. The second-order valence-corrected chi connectivity index (χ2v) is 6.25. The first-order valence-corrected chi connectivity index (χ1v) is 8.47. The lowest BCUT2D eigenvalue weighted by Crippen LogP contribution is -2.38. The Labute approximate surface area is 150 Å². The van der Waals surface area contributed by atoms with Gasteiger partial charge in [0.05, 0.1) is 5.69 Å². The summed E-state index contributed by atoms with van der Waals surface area (Å²) in [6, 6.07) is 5.77. The lowest BCUT2D eigenvalue weighted by molar-refractivity contribution is 0.0927. The number of imidazole rings is 1. The Bertz CT molecular complexity index is 909. The zero-order valence-corrected chi connectivity index (χ0v) is 14.4. The van der Waals surface area contributed by atoms with Crippen molar-refractivity contribution in [2.75, 3.05) is 18.0 Å². The van der Waals surface area contributed by atoms with Crippen LogP contribution in [0.1, 0.15) is 17.0 Å². The molecular formula is C18H19N7O. The van der Waals surface area contributed by atoms with Gasteiger partial charge in [0.1, 0.15) is 0 Å². The third kappa shape index (κ3) is 3.26. The molecule has 1 N–H and O–H groups in total. The van der Waals surface area contributed by atoms with Crippen LogP contribution in [0.15, 0.2) is 49.2 Å². The quantitative estimate of drug-likeness (QED) is 0.763. The highest BCUT2D eigenvalue weighted by Gasteiger charge is 2.27. The number of aryl methyl sites for hydroxylation is 1. The summed E-state index contributed by atoms with van der Waals surface area (Å²) in [7, 11) is 1.81. The summed E-state index contributed by atoms with van der Waals surface area (Å²) < 4.78 is 1.71. The Hall–Kier alpha value is -3.29.